The Kier molecular flexibility index (Phi) is 6.22. The molecule has 2 aliphatic heterocycles. The van der Waals surface area contributed by atoms with Crippen LogP contribution in [0.4, 0.5) is 29.0 Å². The zero-order valence-corrected chi connectivity index (χ0v) is 21.8. The molecule has 1 spiro atoms. The molecule has 0 aromatic carbocycles. The number of carbonyl (C=O) groups is 1. The van der Waals surface area contributed by atoms with E-state index in [1.165, 1.54) is 6.33 Å². The number of piperazine rings is 1. The quantitative estimate of drug-likeness (QED) is 0.347. The van der Waals surface area contributed by atoms with Crippen molar-refractivity contribution >= 4 is 34.9 Å². The van der Waals surface area contributed by atoms with E-state index in [1.54, 1.807) is 12.1 Å². The van der Waals surface area contributed by atoms with Gasteiger partial charge in [-0.2, -0.15) is 4.98 Å². The fourth-order valence-corrected chi connectivity index (χ4v) is 5.88. The summed E-state index contributed by atoms with van der Waals surface area (Å²) in [6.07, 6.45) is 7.96. The Morgan fingerprint density at radius 3 is 2.42 bits per heavy atom. The van der Waals surface area contributed by atoms with Crippen LogP contribution in [0, 0.1) is 12.1 Å². The van der Waals surface area contributed by atoms with E-state index in [2.05, 4.69) is 53.8 Å². The molecule has 0 bridgehead atoms. The Labute approximate surface area is 221 Å². The molecule has 38 heavy (non-hydrogen) atoms. The molecule has 2 fully saturated rings. The number of hydrogen-bond donors (Lipinski definition) is 3. The van der Waals surface area contributed by atoms with Gasteiger partial charge >= 0.3 is 0 Å². The third-order valence-corrected chi connectivity index (χ3v) is 7.94. The smallest absolute Gasteiger partial charge is 0.284 e. The van der Waals surface area contributed by atoms with Gasteiger partial charge in [-0.3, -0.25) is 4.79 Å². The van der Waals surface area contributed by atoms with Crippen LogP contribution in [0.5, 0.6) is 0 Å². The van der Waals surface area contributed by atoms with Crippen molar-refractivity contribution in [3.05, 3.63) is 58.8 Å². The summed E-state index contributed by atoms with van der Waals surface area (Å²) in [6.45, 7) is 5.92. The number of pyridine rings is 2. The van der Waals surface area contributed by atoms with Gasteiger partial charge in [-0.25, -0.2) is 20.0 Å². The van der Waals surface area contributed by atoms with Gasteiger partial charge in [-0.05, 0) is 44.5 Å². The molecule has 3 aromatic heterocycles. The van der Waals surface area contributed by atoms with E-state index in [4.69, 9.17) is 0 Å². The molecule has 6 rings (SSSR count). The lowest BCUT2D eigenvalue weighted by Crippen LogP contribution is -2.49. The normalized spacial score (nSPS) is 18.8. The molecule has 3 aromatic rings. The van der Waals surface area contributed by atoms with E-state index >= 15 is 0 Å². The van der Waals surface area contributed by atoms with Gasteiger partial charge in [0, 0.05) is 38.3 Å². The number of aromatic nitrogens is 4. The van der Waals surface area contributed by atoms with Crippen LogP contribution in [0.15, 0.2) is 36.8 Å². The van der Waals surface area contributed by atoms with Crippen molar-refractivity contribution in [1.82, 2.24) is 25.2 Å². The van der Waals surface area contributed by atoms with Crippen molar-refractivity contribution in [1.29, 1.82) is 0 Å². The number of aryl methyl sites for hydroxylation is 1. The monoisotopic (exact) mass is 515 g/mol. The molecule has 0 radical (unpaired) electrons. The lowest BCUT2D eigenvalue weighted by molar-refractivity contribution is -0.603. The molecule has 198 valence electrons. The van der Waals surface area contributed by atoms with E-state index in [0.717, 1.165) is 74.3 Å². The van der Waals surface area contributed by atoms with Gasteiger partial charge in [0.15, 0.2) is 0 Å². The number of anilines is 5. The molecule has 0 unspecified atom stereocenters. The number of nitrogens with one attached hydrogen (secondary N) is 3. The number of fused-ring (bicyclic) bond motifs is 2. The molecular formula is C27H33N9O2. The van der Waals surface area contributed by atoms with Crippen LogP contribution in [0.2, 0.25) is 0 Å². The molecule has 3 N–H and O–H groups in total. The second kappa shape index (κ2) is 9.71. The van der Waals surface area contributed by atoms with Gasteiger partial charge in [0.1, 0.15) is 29.2 Å². The molecule has 1 saturated heterocycles. The Morgan fingerprint density at radius 2 is 1.71 bits per heavy atom. The predicted octanol–water partition coefficient (Wildman–Crippen LogP) is 2.96. The van der Waals surface area contributed by atoms with Crippen LogP contribution in [-0.2, 0) is 5.54 Å². The van der Waals surface area contributed by atoms with E-state index in [9.17, 15) is 10.0 Å². The highest BCUT2D eigenvalue weighted by Crippen LogP contribution is 2.42. The maximum atomic E-state index is 13.6. The number of nitrogens with zero attached hydrogens (tertiary/aromatic N) is 6. The summed E-state index contributed by atoms with van der Waals surface area (Å²) >= 11 is 0. The molecule has 11 nitrogen and oxygen atoms in total. The van der Waals surface area contributed by atoms with Gasteiger partial charge < -0.3 is 25.6 Å². The minimum absolute atomic E-state index is 0.157. The first kappa shape index (κ1) is 24.4. The van der Waals surface area contributed by atoms with Crippen LogP contribution in [0.1, 0.15) is 53.7 Å². The summed E-state index contributed by atoms with van der Waals surface area (Å²) in [5.74, 6) is 1.87. The molecule has 3 aliphatic rings. The zero-order valence-electron chi connectivity index (χ0n) is 21.8. The summed E-state index contributed by atoms with van der Waals surface area (Å²) < 4.78 is 0.874. The molecule has 5 heterocycles. The molecule has 0 atom stereocenters. The minimum atomic E-state index is -0.588. The first-order valence-electron chi connectivity index (χ1n) is 13.3. The highest BCUT2D eigenvalue weighted by molar-refractivity contribution is 6.00. The maximum absolute atomic E-state index is 13.6. The standard InChI is InChI=1S/C27H33N9O2/c1-18-14-23(36(38)25-24(18)26(37)33-27(25)8-4-3-5-9-27)32-22-15-21(29-17-30-22)31-20-7-6-19(16-28-20)35-12-10-34(2)11-13-35/h6-7,14-17H,3-5,8-13H2,1-2H3,(H,33,37)(H2,28,29,30,31,32). The topological polar surface area (TPSA) is 125 Å². The largest absolute Gasteiger partial charge is 0.710 e. The molecule has 1 amide bonds. The Morgan fingerprint density at radius 1 is 0.974 bits per heavy atom. The van der Waals surface area contributed by atoms with Crippen LogP contribution in [-0.4, -0.2) is 59.0 Å². The lowest BCUT2D eigenvalue weighted by Gasteiger charge is -2.34. The minimum Gasteiger partial charge on any atom is -0.710 e. The van der Waals surface area contributed by atoms with E-state index < -0.39 is 5.54 Å². The zero-order chi connectivity index (χ0) is 26.3. The highest BCUT2D eigenvalue weighted by Gasteiger charge is 2.48. The summed E-state index contributed by atoms with van der Waals surface area (Å²) in [5, 5.41) is 23.1. The Bertz CT molecular complexity index is 1350. The predicted molar refractivity (Wildman–Crippen MR) is 145 cm³/mol. The van der Waals surface area contributed by atoms with E-state index in [1.807, 2.05) is 19.2 Å². The van der Waals surface area contributed by atoms with Crippen molar-refractivity contribution in [3.63, 3.8) is 0 Å². The van der Waals surface area contributed by atoms with Gasteiger partial charge in [0.05, 0.1) is 17.4 Å². The third-order valence-electron chi connectivity index (χ3n) is 7.94. The number of rotatable bonds is 5. The summed E-state index contributed by atoms with van der Waals surface area (Å²) in [5.41, 5.74) is 2.32. The van der Waals surface area contributed by atoms with Gasteiger partial charge in [-0.15, -0.1) is 0 Å². The molecule has 1 saturated carbocycles. The second-order valence-electron chi connectivity index (χ2n) is 10.6. The first-order valence-corrected chi connectivity index (χ1v) is 13.3. The van der Waals surface area contributed by atoms with Crippen molar-refractivity contribution in [2.45, 2.75) is 44.6 Å². The molecule has 11 heteroatoms. The highest BCUT2D eigenvalue weighted by atomic mass is 16.5. The van der Waals surface area contributed by atoms with Gasteiger partial charge in [0.25, 0.3) is 11.7 Å². The van der Waals surface area contributed by atoms with E-state index in [0.29, 0.717) is 34.5 Å². The number of carbonyl (C=O) groups excluding carboxylic acids is 1. The fourth-order valence-electron chi connectivity index (χ4n) is 5.88. The fraction of sp³-hybridized carbons (Fsp3) is 0.444. The van der Waals surface area contributed by atoms with Crippen molar-refractivity contribution in [2.24, 2.45) is 0 Å². The average molecular weight is 516 g/mol. The van der Waals surface area contributed by atoms with Crippen LogP contribution >= 0.6 is 0 Å². The van der Waals surface area contributed by atoms with Crippen LogP contribution in [0.3, 0.4) is 0 Å². The summed E-state index contributed by atoms with van der Waals surface area (Å²) in [6, 6.07) is 7.44. The van der Waals surface area contributed by atoms with Gasteiger partial charge in [-0.1, -0.05) is 19.3 Å². The Balaban J connectivity index is 1.21. The number of hydrogen-bond acceptors (Lipinski definition) is 9. The second-order valence-corrected chi connectivity index (χ2v) is 10.6. The van der Waals surface area contributed by atoms with Crippen molar-refractivity contribution in [2.75, 3.05) is 48.8 Å². The SMILES string of the molecule is Cc1cc(Nc2cc(Nc3ccc(N4CCN(C)CC4)cn3)ncn2)[n+]([O-])c2c1C(=O)NC21CCCCC1. The van der Waals surface area contributed by atoms with Crippen LogP contribution in [0.25, 0.3) is 0 Å². The number of likely N-dealkylation sites (N-methyl/N-ethyl adjacent to an activating group) is 1. The third kappa shape index (κ3) is 4.47. The van der Waals surface area contributed by atoms with Crippen LogP contribution < -0.4 is 25.6 Å². The number of amides is 1. The maximum Gasteiger partial charge on any atom is 0.284 e. The Hall–Kier alpha value is -3.99. The average Bonchev–Trinajstić information content (AvgIpc) is 3.20. The lowest BCUT2D eigenvalue weighted by atomic mass is 9.79. The summed E-state index contributed by atoms with van der Waals surface area (Å²) in [4.78, 5) is 30.6. The summed E-state index contributed by atoms with van der Waals surface area (Å²) in [7, 11) is 2.14. The molecule has 1 aliphatic carbocycles. The first-order chi connectivity index (χ1) is 18.4. The van der Waals surface area contributed by atoms with Gasteiger partial charge in [0.2, 0.25) is 5.82 Å². The molecular weight excluding hydrogens is 482 g/mol. The van der Waals surface area contributed by atoms with Crippen molar-refractivity contribution in [3.8, 4) is 0 Å². The van der Waals surface area contributed by atoms with E-state index in [-0.39, 0.29) is 5.91 Å². The van der Waals surface area contributed by atoms with Crippen molar-refractivity contribution < 1.29 is 9.52 Å².